The summed E-state index contributed by atoms with van der Waals surface area (Å²) in [5.74, 6) is 0.0324. The third kappa shape index (κ3) is 4.01. The number of carbonyl (C=O) groups excluding carboxylic acids is 3. The molecule has 0 atom stereocenters. The zero-order valence-electron chi connectivity index (χ0n) is 16.0. The van der Waals surface area contributed by atoms with Crippen LogP contribution < -0.4 is 10.7 Å². The van der Waals surface area contributed by atoms with E-state index in [1.807, 2.05) is 29.1 Å². The lowest BCUT2D eigenvalue weighted by molar-refractivity contribution is -0.139. The molecule has 0 unspecified atom stereocenters. The van der Waals surface area contributed by atoms with E-state index in [9.17, 15) is 14.4 Å². The van der Waals surface area contributed by atoms with Crippen LogP contribution in [0.25, 0.3) is 0 Å². The monoisotopic (exact) mass is 434 g/mol. The number of thioether (sulfide) groups is 1. The Bertz CT molecular complexity index is 920. The Morgan fingerprint density at radius 3 is 2.83 bits per heavy atom. The Hall–Kier alpha value is -2.40. The predicted octanol–water partition coefficient (Wildman–Crippen LogP) is 1.85. The minimum Gasteiger partial charge on any atom is -0.322 e. The summed E-state index contributed by atoms with van der Waals surface area (Å²) in [6.07, 6.45) is 4.75. The highest BCUT2D eigenvalue weighted by atomic mass is 32.2. The lowest BCUT2D eigenvalue weighted by atomic mass is 9.82. The van der Waals surface area contributed by atoms with Gasteiger partial charge in [-0.05, 0) is 24.3 Å². The number of nitrogens with zero attached hydrogens (tertiary/aromatic N) is 4. The van der Waals surface area contributed by atoms with Crippen LogP contribution in [0.4, 0.5) is 4.79 Å². The molecule has 2 fully saturated rings. The summed E-state index contributed by atoms with van der Waals surface area (Å²) in [6, 6.07) is 3.47. The molecule has 154 valence electrons. The summed E-state index contributed by atoms with van der Waals surface area (Å²) in [7, 11) is 1.85. The molecule has 2 N–H and O–H groups in total. The van der Waals surface area contributed by atoms with E-state index < -0.39 is 17.5 Å². The fourth-order valence-corrected chi connectivity index (χ4v) is 5.12. The number of rotatable bonds is 6. The van der Waals surface area contributed by atoms with Gasteiger partial charge in [-0.1, -0.05) is 37.1 Å². The van der Waals surface area contributed by atoms with Crippen molar-refractivity contribution in [3.05, 3.63) is 28.2 Å². The number of hydrogen-bond acceptors (Lipinski definition) is 7. The number of thiophene rings is 1. The topological polar surface area (TPSA) is 109 Å². The average molecular weight is 435 g/mol. The summed E-state index contributed by atoms with van der Waals surface area (Å²) in [6.45, 7) is 0. The van der Waals surface area contributed by atoms with E-state index in [-0.39, 0.29) is 11.7 Å². The van der Waals surface area contributed by atoms with E-state index in [4.69, 9.17) is 0 Å². The van der Waals surface area contributed by atoms with Crippen molar-refractivity contribution in [2.75, 3.05) is 5.75 Å². The van der Waals surface area contributed by atoms with Crippen LogP contribution in [0.2, 0.25) is 0 Å². The van der Waals surface area contributed by atoms with Gasteiger partial charge in [0.15, 0.2) is 5.16 Å². The summed E-state index contributed by atoms with van der Waals surface area (Å²) < 4.78 is 1.85. The Morgan fingerprint density at radius 1 is 1.31 bits per heavy atom. The molecule has 0 aromatic carbocycles. The molecule has 0 bridgehead atoms. The van der Waals surface area contributed by atoms with Gasteiger partial charge in [0.1, 0.15) is 11.4 Å². The largest absolute Gasteiger partial charge is 0.344 e. The first-order valence-corrected chi connectivity index (χ1v) is 11.3. The molecule has 1 aliphatic heterocycles. The fourth-order valence-electron chi connectivity index (χ4n) is 3.70. The van der Waals surface area contributed by atoms with E-state index in [0.717, 1.165) is 30.1 Å². The molecule has 2 aromatic heterocycles. The van der Waals surface area contributed by atoms with Crippen LogP contribution in [-0.2, 0) is 23.1 Å². The van der Waals surface area contributed by atoms with E-state index in [1.54, 1.807) is 11.3 Å². The van der Waals surface area contributed by atoms with Crippen molar-refractivity contribution in [2.45, 2.75) is 49.2 Å². The van der Waals surface area contributed by atoms with Crippen LogP contribution in [0.3, 0.4) is 0 Å². The van der Waals surface area contributed by atoms with Crippen LogP contribution in [0.5, 0.6) is 0 Å². The summed E-state index contributed by atoms with van der Waals surface area (Å²) in [5, 5.41) is 14.5. The summed E-state index contributed by atoms with van der Waals surface area (Å²) >= 11 is 2.87. The number of carbonyl (C=O) groups is 3. The van der Waals surface area contributed by atoms with Crippen LogP contribution in [0.1, 0.15) is 42.8 Å². The highest BCUT2D eigenvalue weighted by Gasteiger charge is 2.52. The van der Waals surface area contributed by atoms with Gasteiger partial charge < -0.3 is 9.88 Å². The number of hydrazine groups is 1. The van der Waals surface area contributed by atoms with Crippen LogP contribution in [0.15, 0.2) is 22.7 Å². The number of imide groups is 1. The second-order valence-corrected chi connectivity index (χ2v) is 9.23. The van der Waals surface area contributed by atoms with Crippen molar-refractivity contribution in [1.82, 2.24) is 30.5 Å². The molecule has 4 rings (SSSR count). The molecule has 2 aromatic rings. The van der Waals surface area contributed by atoms with Crippen molar-refractivity contribution >= 4 is 40.9 Å². The fraction of sp³-hybridized carbons (Fsp3) is 0.500. The summed E-state index contributed by atoms with van der Waals surface area (Å²) in [4.78, 5) is 38.5. The smallest absolute Gasteiger partial charge is 0.322 e. The van der Waals surface area contributed by atoms with Crippen molar-refractivity contribution in [3.63, 3.8) is 0 Å². The van der Waals surface area contributed by atoms with Crippen LogP contribution in [-0.4, -0.2) is 48.9 Å². The molecular formula is C18H22N6O3S2. The Kier molecular flexibility index (Phi) is 5.59. The number of nitrogens with one attached hydrogen (secondary N) is 2. The number of hydrogen-bond donors (Lipinski definition) is 2. The second kappa shape index (κ2) is 8.15. The van der Waals surface area contributed by atoms with E-state index in [1.165, 1.54) is 16.6 Å². The van der Waals surface area contributed by atoms with Gasteiger partial charge in [-0.15, -0.1) is 21.5 Å². The molecule has 1 spiro atoms. The predicted molar refractivity (Wildman–Crippen MR) is 108 cm³/mol. The molecule has 29 heavy (non-hydrogen) atoms. The Labute approximate surface area is 176 Å². The maximum atomic E-state index is 12.7. The van der Waals surface area contributed by atoms with Gasteiger partial charge in [0.2, 0.25) is 5.91 Å². The van der Waals surface area contributed by atoms with Gasteiger partial charge in [0, 0.05) is 18.3 Å². The average Bonchev–Trinajstić information content (AvgIpc) is 3.40. The maximum Gasteiger partial charge on any atom is 0.344 e. The first kappa shape index (κ1) is 19.9. The van der Waals surface area contributed by atoms with Crippen molar-refractivity contribution in [1.29, 1.82) is 0 Å². The maximum absolute atomic E-state index is 12.7. The molecule has 1 saturated heterocycles. The van der Waals surface area contributed by atoms with E-state index >= 15 is 0 Å². The molecule has 0 radical (unpaired) electrons. The zero-order valence-corrected chi connectivity index (χ0v) is 17.6. The normalized spacial score (nSPS) is 18.3. The Morgan fingerprint density at radius 2 is 2.10 bits per heavy atom. The zero-order chi connectivity index (χ0) is 20.4. The van der Waals surface area contributed by atoms with Crippen molar-refractivity contribution < 1.29 is 14.4 Å². The molecule has 2 aliphatic rings. The minimum absolute atomic E-state index is 0.0229. The van der Waals surface area contributed by atoms with E-state index in [0.29, 0.717) is 24.4 Å². The molecule has 4 amide bonds. The molecule has 1 aliphatic carbocycles. The SMILES string of the molecule is Cn1c(Cc2cccs2)nnc1SCC(=O)NN1C(=O)NC2(CCCCC2)C1=O. The molecule has 1 saturated carbocycles. The van der Waals surface area contributed by atoms with Gasteiger partial charge in [-0.3, -0.25) is 15.0 Å². The molecule has 3 heterocycles. The van der Waals surface area contributed by atoms with Gasteiger partial charge in [-0.25, -0.2) is 4.79 Å². The third-order valence-electron chi connectivity index (χ3n) is 5.28. The third-order valence-corrected chi connectivity index (χ3v) is 7.17. The summed E-state index contributed by atoms with van der Waals surface area (Å²) in [5.41, 5.74) is 1.59. The molecule has 9 nitrogen and oxygen atoms in total. The highest BCUT2D eigenvalue weighted by molar-refractivity contribution is 7.99. The van der Waals surface area contributed by atoms with Crippen LogP contribution in [0, 0.1) is 0 Å². The number of urea groups is 1. The first-order valence-electron chi connectivity index (χ1n) is 9.48. The minimum atomic E-state index is -0.851. The Balaban J connectivity index is 1.33. The van der Waals surface area contributed by atoms with Crippen molar-refractivity contribution in [3.8, 4) is 0 Å². The highest BCUT2D eigenvalue weighted by Crippen LogP contribution is 2.33. The quantitative estimate of drug-likeness (QED) is 0.530. The van der Waals surface area contributed by atoms with Gasteiger partial charge in [0.25, 0.3) is 5.91 Å². The molecule has 11 heteroatoms. The van der Waals surface area contributed by atoms with Crippen LogP contribution >= 0.6 is 23.1 Å². The number of aromatic nitrogens is 3. The van der Waals surface area contributed by atoms with Gasteiger partial charge in [0.05, 0.1) is 5.75 Å². The lowest BCUT2D eigenvalue weighted by Gasteiger charge is -2.30. The van der Waals surface area contributed by atoms with E-state index in [2.05, 4.69) is 20.9 Å². The second-order valence-electron chi connectivity index (χ2n) is 7.25. The first-order chi connectivity index (χ1) is 14.0. The standard InChI is InChI=1S/C18H22N6O3S2/c1-23-13(10-12-6-5-9-28-12)20-21-17(23)29-11-14(25)22-24-15(26)18(19-16(24)27)7-3-2-4-8-18/h5-6,9H,2-4,7-8,10-11H2,1H3,(H,19,27)(H,22,25). The van der Waals surface area contributed by atoms with Gasteiger partial charge in [-0.2, -0.15) is 5.01 Å². The van der Waals surface area contributed by atoms with Crippen molar-refractivity contribution in [2.24, 2.45) is 7.05 Å². The van der Waals surface area contributed by atoms with Gasteiger partial charge >= 0.3 is 6.03 Å². The lowest BCUT2D eigenvalue weighted by Crippen LogP contribution is -2.51. The molecular weight excluding hydrogens is 412 g/mol. The number of amides is 4.